The normalized spacial score (nSPS) is 11.4. The SMILES string of the molecule is C=C(C)C(=O)OOC(=O)NCC(O)CO. The van der Waals surface area contributed by atoms with Crippen molar-refractivity contribution in [1.82, 2.24) is 5.32 Å². The third-order valence-electron chi connectivity index (χ3n) is 1.23. The Hall–Kier alpha value is -1.60. The van der Waals surface area contributed by atoms with E-state index in [2.05, 4.69) is 16.4 Å². The maximum atomic E-state index is 10.8. The van der Waals surface area contributed by atoms with Crippen molar-refractivity contribution in [3.8, 4) is 0 Å². The van der Waals surface area contributed by atoms with Gasteiger partial charge in [-0.25, -0.2) is 19.4 Å². The number of carbonyl (C=O) groups is 2. The van der Waals surface area contributed by atoms with Crippen LogP contribution in [-0.2, 0) is 14.6 Å². The van der Waals surface area contributed by atoms with Crippen LogP contribution in [0, 0.1) is 0 Å². The molecular formula is C8H13NO6. The lowest BCUT2D eigenvalue weighted by atomic mass is 10.4. The molecule has 0 aromatic carbocycles. The summed E-state index contributed by atoms with van der Waals surface area (Å²) in [5.41, 5.74) is 0.0817. The summed E-state index contributed by atoms with van der Waals surface area (Å²) in [5.74, 6) is -0.868. The highest BCUT2D eigenvalue weighted by Crippen LogP contribution is 1.93. The molecule has 0 aliphatic rings. The Bertz CT molecular complexity index is 252. The zero-order valence-corrected chi connectivity index (χ0v) is 8.23. The maximum absolute atomic E-state index is 10.8. The van der Waals surface area contributed by atoms with Gasteiger partial charge in [0.2, 0.25) is 0 Å². The highest BCUT2D eigenvalue weighted by molar-refractivity contribution is 5.87. The van der Waals surface area contributed by atoms with E-state index in [9.17, 15) is 9.59 Å². The Morgan fingerprint density at radius 3 is 2.53 bits per heavy atom. The second kappa shape index (κ2) is 6.80. The summed E-state index contributed by atoms with van der Waals surface area (Å²) < 4.78 is 0. The van der Waals surface area contributed by atoms with Crippen molar-refractivity contribution in [2.75, 3.05) is 13.2 Å². The van der Waals surface area contributed by atoms with Crippen LogP contribution in [0.5, 0.6) is 0 Å². The van der Waals surface area contributed by atoms with Gasteiger partial charge in [-0.1, -0.05) is 6.58 Å². The molecule has 86 valence electrons. The van der Waals surface area contributed by atoms with E-state index >= 15 is 0 Å². The van der Waals surface area contributed by atoms with Crippen molar-refractivity contribution in [2.45, 2.75) is 13.0 Å². The molecule has 1 atom stereocenters. The summed E-state index contributed by atoms with van der Waals surface area (Å²) in [6.07, 6.45) is -2.13. The molecule has 0 aromatic heterocycles. The number of carbonyl (C=O) groups excluding carboxylic acids is 2. The molecule has 0 aliphatic heterocycles. The van der Waals surface area contributed by atoms with Gasteiger partial charge in [-0.15, -0.1) is 0 Å². The minimum atomic E-state index is -1.09. The van der Waals surface area contributed by atoms with Gasteiger partial charge in [0.05, 0.1) is 12.7 Å². The van der Waals surface area contributed by atoms with Crippen LogP contribution in [0.2, 0.25) is 0 Å². The van der Waals surface area contributed by atoms with E-state index in [1.807, 2.05) is 5.32 Å². The Balaban J connectivity index is 3.67. The van der Waals surface area contributed by atoms with Gasteiger partial charge in [-0.05, 0) is 6.92 Å². The maximum Gasteiger partial charge on any atom is 0.450 e. The summed E-state index contributed by atoms with van der Waals surface area (Å²) in [4.78, 5) is 29.5. The molecule has 7 heteroatoms. The van der Waals surface area contributed by atoms with Gasteiger partial charge in [0.15, 0.2) is 0 Å². The van der Waals surface area contributed by atoms with Crippen LogP contribution in [0.1, 0.15) is 6.92 Å². The Morgan fingerprint density at radius 1 is 1.47 bits per heavy atom. The minimum Gasteiger partial charge on any atom is -0.394 e. The van der Waals surface area contributed by atoms with E-state index < -0.39 is 24.8 Å². The monoisotopic (exact) mass is 219 g/mol. The molecule has 0 bridgehead atoms. The standard InChI is InChI=1S/C8H13NO6/c1-5(2)7(12)14-15-8(13)9-3-6(11)4-10/h6,10-11H,1,3-4H2,2H3,(H,9,13). The number of aliphatic hydroxyl groups is 2. The molecular weight excluding hydrogens is 206 g/mol. The second-order valence-corrected chi connectivity index (χ2v) is 2.74. The largest absolute Gasteiger partial charge is 0.450 e. The van der Waals surface area contributed by atoms with E-state index in [0.717, 1.165) is 0 Å². The third kappa shape index (κ3) is 6.47. The van der Waals surface area contributed by atoms with Gasteiger partial charge in [0.1, 0.15) is 0 Å². The molecule has 3 N–H and O–H groups in total. The van der Waals surface area contributed by atoms with E-state index in [4.69, 9.17) is 10.2 Å². The fraction of sp³-hybridized carbons (Fsp3) is 0.500. The van der Waals surface area contributed by atoms with Crippen LogP contribution < -0.4 is 5.32 Å². The molecule has 15 heavy (non-hydrogen) atoms. The molecule has 0 saturated heterocycles. The first-order chi connectivity index (χ1) is 6.97. The van der Waals surface area contributed by atoms with Crippen LogP contribution >= 0.6 is 0 Å². The number of hydrogen-bond donors (Lipinski definition) is 3. The molecule has 1 unspecified atom stereocenters. The average Bonchev–Trinajstić information content (AvgIpc) is 2.21. The van der Waals surface area contributed by atoms with Crippen molar-refractivity contribution in [3.63, 3.8) is 0 Å². The fourth-order valence-corrected chi connectivity index (χ4v) is 0.442. The molecule has 0 aromatic rings. The lowest BCUT2D eigenvalue weighted by Gasteiger charge is -2.07. The zero-order chi connectivity index (χ0) is 11.8. The van der Waals surface area contributed by atoms with Crippen LogP contribution in [-0.4, -0.2) is 41.5 Å². The van der Waals surface area contributed by atoms with E-state index in [0.29, 0.717) is 0 Å². The summed E-state index contributed by atoms with van der Waals surface area (Å²) in [6, 6.07) is 0. The highest BCUT2D eigenvalue weighted by Gasteiger charge is 2.11. The zero-order valence-electron chi connectivity index (χ0n) is 8.23. The van der Waals surface area contributed by atoms with Crippen LogP contribution in [0.25, 0.3) is 0 Å². The second-order valence-electron chi connectivity index (χ2n) is 2.74. The van der Waals surface area contributed by atoms with Gasteiger partial charge in [0, 0.05) is 12.1 Å². The van der Waals surface area contributed by atoms with Gasteiger partial charge in [-0.3, -0.25) is 0 Å². The summed E-state index contributed by atoms with van der Waals surface area (Å²) in [6.45, 7) is 3.95. The number of hydrogen-bond acceptors (Lipinski definition) is 6. The van der Waals surface area contributed by atoms with Crippen molar-refractivity contribution in [1.29, 1.82) is 0 Å². The Labute approximate surface area is 86.2 Å². The lowest BCUT2D eigenvalue weighted by molar-refractivity contribution is -0.227. The Morgan fingerprint density at radius 2 is 2.07 bits per heavy atom. The van der Waals surface area contributed by atoms with E-state index in [-0.39, 0.29) is 12.1 Å². The first kappa shape index (κ1) is 13.4. The van der Waals surface area contributed by atoms with E-state index in [1.165, 1.54) is 6.92 Å². The van der Waals surface area contributed by atoms with Crippen molar-refractivity contribution >= 4 is 12.1 Å². The molecule has 0 rings (SSSR count). The van der Waals surface area contributed by atoms with Crippen molar-refractivity contribution in [3.05, 3.63) is 12.2 Å². The summed E-state index contributed by atoms with van der Waals surface area (Å²) >= 11 is 0. The summed E-state index contributed by atoms with van der Waals surface area (Å²) in [5, 5.41) is 19.3. The molecule has 7 nitrogen and oxygen atoms in total. The number of amides is 1. The lowest BCUT2D eigenvalue weighted by Crippen LogP contribution is -2.34. The van der Waals surface area contributed by atoms with Gasteiger partial charge in [-0.2, -0.15) is 0 Å². The molecule has 0 radical (unpaired) electrons. The smallest absolute Gasteiger partial charge is 0.394 e. The van der Waals surface area contributed by atoms with Crippen molar-refractivity contribution < 1.29 is 29.6 Å². The molecule has 0 aliphatic carbocycles. The molecule has 0 heterocycles. The molecule has 0 saturated carbocycles. The fourth-order valence-electron chi connectivity index (χ4n) is 0.442. The third-order valence-corrected chi connectivity index (χ3v) is 1.23. The molecule has 0 spiro atoms. The topological polar surface area (TPSA) is 105 Å². The van der Waals surface area contributed by atoms with E-state index in [1.54, 1.807) is 0 Å². The number of rotatable bonds is 4. The Kier molecular flexibility index (Phi) is 6.07. The number of aliphatic hydroxyl groups excluding tert-OH is 2. The predicted molar refractivity (Wildman–Crippen MR) is 48.5 cm³/mol. The van der Waals surface area contributed by atoms with Gasteiger partial charge in [0.25, 0.3) is 0 Å². The van der Waals surface area contributed by atoms with Gasteiger partial charge >= 0.3 is 12.1 Å². The summed E-state index contributed by atoms with van der Waals surface area (Å²) in [7, 11) is 0. The van der Waals surface area contributed by atoms with Crippen LogP contribution in [0.3, 0.4) is 0 Å². The first-order valence-electron chi connectivity index (χ1n) is 4.08. The number of nitrogens with one attached hydrogen (secondary N) is 1. The van der Waals surface area contributed by atoms with Crippen LogP contribution in [0.4, 0.5) is 4.79 Å². The van der Waals surface area contributed by atoms with Gasteiger partial charge < -0.3 is 15.5 Å². The minimum absolute atomic E-state index is 0.0817. The quantitative estimate of drug-likeness (QED) is 0.321. The molecule has 0 fully saturated rings. The average molecular weight is 219 g/mol. The predicted octanol–water partition coefficient (Wildman–Crippen LogP) is -0.900. The first-order valence-corrected chi connectivity index (χ1v) is 4.08. The van der Waals surface area contributed by atoms with Crippen molar-refractivity contribution in [2.24, 2.45) is 0 Å². The van der Waals surface area contributed by atoms with Crippen LogP contribution in [0.15, 0.2) is 12.2 Å². The highest BCUT2D eigenvalue weighted by atomic mass is 17.2. The molecule has 1 amide bonds.